The first-order valence-corrected chi connectivity index (χ1v) is 7.49. The average molecular weight is 317 g/mol. The van der Waals surface area contributed by atoms with E-state index in [4.69, 9.17) is 0 Å². The smallest absolute Gasteiger partial charge is 0.308 e. The monoisotopic (exact) mass is 317 g/mol. The maximum atomic E-state index is 14.0. The third-order valence-corrected chi connectivity index (χ3v) is 4.33. The van der Waals surface area contributed by atoms with Crippen molar-refractivity contribution in [3.63, 3.8) is 0 Å². The van der Waals surface area contributed by atoms with E-state index < -0.39 is 29.4 Å². The number of carboxylic acid groups (broad SMARTS) is 1. The van der Waals surface area contributed by atoms with Gasteiger partial charge in [-0.1, -0.05) is 36.4 Å². The lowest BCUT2D eigenvalue weighted by molar-refractivity contribution is -0.141. The normalized spacial score (nSPS) is 21.5. The van der Waals surface area contributed by atoms with E-state index in [0.29, 0.717) is 13.1 Å². The van der Waals surface area contributed by atoms with Crippen molar-refractivity contribution >= 4 is 5.97 Å². The van der Waals surface area contributed by atoms with Gasteiger partial charge in [0.2, 0.25) is 0 Å². The molecule has 23 heavy (non-hydrogen) atoms. The van der Waals surface area contributed by atoms with Crippen LogP contribution in [0.25, 0.3) is 0 Å². The maximum Gasteiger partial charge on any atom is 0.308 e. The number of rotatable bonds is 4. The number of aliphatic carboxylic acids is 1. The predicted molar refractivity (Wildman–Crippen MR) is 81.9 cm³/mol. The van der Waals surface area contributed by atoms with Gasteiger partial charge < -0.3 is 5.11 Å². The second-order valence-electron chi connectivity index (χ2n) is 5.87. The highest BCUT2D eigenvalue weighted by Gasteiger charge is 2.40. The average Bonchev–Trinajstić information content (AvgIpc) is 2.92. The van der Waals surface area contributed by atoms with Crippen molar-refractivity contribution in [1.82, 2.24) is 4.90 Å². The Morgan fingerprint density at radius 1 is 1.04 bits per heavy atom. The van der Waals surface area contributed by atoms with E-state index in [1.54, 1.807) is 0 Å². The van der Waals surface area contributed by atoms with Gasteiger partial charge in [0.05, 0.1) is 5.92 Å². The summed E-state index contributed by atoms with van der Waals surface area (Å²) in [5.74, 6) is -3.87. The lowest BCUT2D eigenvalue weighted by atomic mass is 9.88. The van der Waals surface area contributed by atoms with Crippen molar-refractivity contribution in [3.8, 4) is 0 Å². The Morgan fingerprint density at radius 3 is 2.30 bits per heavy atom. The fraction of sp³-hybridized carbons (Fsp3) is 0.278. The third kappa shape index (κ3) is 3.24. The molecule has 3 rings (SSSR count). The van der Waals surface area contributed by atoms with Crippen LogP contribution in [0.2, 0.25) is 0 Å². The van der Waals surface area contributed by atoms with Crippen LogP contribution in [0.15, 0.2) is 48.5 Å². The minimum absolute atomic E-state index is 0.115. The van der Waals surface area contributed by atoms with Crippen LogP contribution in [0.4, 0.5) is 8.78 Å². The largest absolute Gasteiger partial charge is 0.481 e. The zero-order chi connectivity index (χ0) is 16.4. The summed E-state index contributed by atoms with van der Waals surface area (Å²) >= 11 is 0. The minimum atomic E-state index is -1.02. The highest BCUT2D eigenvalue weighted by Crippen LogP contribution is 2.36. The predicted octanol–water partition coefficient (Wildman–Crippen LogP) is 3.27. The maximum absolute atomic E-state index is 14.0. The molecule has 1 fully saturated rings. The summed E-state index contributed by atoms with van der Waals surface area (Å²) in [4.78, 5) is 13.5. The molecule has 5 heteroatoms. The fourth-order valence-corrected chi connectivity index (χ4v) is 3.26. The van der Waals surface area contributed by atoms with E-state index in [-0.39, 0.29) is 12.1 Å². The molecule has 2 aromatic rings. The van der Waals surface area contributed by atoms with E-state index >= 15 is 0 Å². The Bertz CT molecular complexity index is 685. The van der Waals surface area contributed by atoms with Gasteiger partial charge >= 0.3 is 5.97 Å². The van der Waals surface area contributed by atoms with E-state index in [0.717, 1.165) is 5.56 Å². The van der Waals surface area contributed by atoms with Crippen LogP contribution in [-0.4, -0.2) is 29.1 Å². The molecule has 0 aromatic heterocycles. The van der Waals surface area contributed by atoms with Crippen LogP contribution in [0.3, 0.4) is 0 Å². The van der Waals surface area contributed by atoms with Crippen molar-refractivity contribution in [2.75, 3.05) is 13.1 Å². The summed E-state index contributed by atoms with van der Waals surface area (Å²) in [5.41, 5.74) is 0.932. The number of hydrogen-bond donors (Lipinski definition) is 1. The van der Waals surface area contributed by atoms with Crippen molar-refractivity contribution in [2.45, 2.75) is 12.5 Å². The zero-order valence-corrected chi connectivity index (χ0v) is 12.5. The highest BCUT2D eigenvalue weighted by molar-refractivity contribution is 5.72. The molecule has 1 N–H and O–H groups in total. The number of carboxylic acids is 1. The molecular formula is C18H17F2NO2. The minimum Gasteiger partial charge on any atom is -0.481 e. The van der Waals surface area contributed by atoms with Crippen LogP contribution in [-0.2, 0) is 11.3 Å². The Morgan fingerprint density at radius 2 is 1.70 bits per heavy atom. The first-order valence-electron chi connectivity index (χ1n) is 7.49. The second kappa shape index (κ2) is 6.46. The molecule has 1 aliphatic heterocycles. The summed E-state index contributed by atoms with van der Waals surface area (Å²) < 4.78 is 28.1. The van der Waals surface area contributed by atoms with Crippen molar-refractivity contribution in [2.24, 2.45) is 5.92 Å². The van der Waals surface area contributed by atoms with Gasteiger partial charge in [0, 0.05) is 31.1 Å². The van der Waals surface area contributed by atoms with Crippen LogP contribution in [0.1, 0.15) is 17.0 Å². The molecule has 0 spiro atoms. The molecule has 1 saturated heterocycles. The van der Waals surface area contributed by atoms with Crippen molar-refractivity contribution in [1.29, 1.82) is 0 Å². The highest BCUT2D eigenvalue weighted by atomic mass is 19.1. The van der Waals surface area contributed by atoms with Gasteiger partial charge in [-0.2, -0.15) is 0 Å². The van der Waals surface area contributed by atoms with Gasteiger partial charge in [-0.25, -0.2) is 8.78 Å². The molecule has 2 unspecified atom stereocenters. The molecule has 120 valence electrons. The number of nitrogens with zero attached hydrogens (tertiary/aromatic N) is 1. The molecule has 2 aromatic carbocycles. The van der Waals surface area contributed by atoms with Gasteiger partial charge in [0.15, 0.2) is 0 Å². The second-order valence-corrected chi connectivity index (χ2v) is 5.87. The van der Waals surface area contributed by atoms with Gasteiger partial charge in [-0.05, 0) is 17.7 Å². The molecule has 0 aliphatic carbocycles. The van der Waals surface area contributed by atoms with Crippen LogP contribution < -0.4 is 0 Å². The van der Waals surface area contributed by atoms with Crippen molar-refractivity contribution in [3.05, 3.63) is 71.3 Å². The summed E-state index contributed by atoms with van der Waals surface area (Å²) in [7, 11) is 0. The molecule has 1 heterocycles. The number of benzene rings is 2. The molecule has 1 aliphatic rings. The molecule has 0 radical (unpaired) electrons. The van der Waals surface area contributed by atoms with Gasteiger partial charge in [0.25, 0.3) is 0 Å². The van der Waals surface area contributed by atoms with Gasteiger partial charge in [-0.3, -0.25) is 9.69 Å². The lowest BCUT2D eigenvalue weighted by Crippen LogP contribution is -2.23. The van der Waals surface area contributed by atoms with Crippen LogP contribution in [0, 0.1) is 17.6 Å². The zero-order valence-electron chi connectivity index (χ0n) is 12.5. The van der Waals surface area contributed by atoms with Gasteiger partial charge in [0.1, 0.15) is 11.6 Å². The molecular weight excluding hydrogens is 300 g/mol. The van der Waals surface area contributed by atoms with E-state index in [1.165, 1.54) is 18.2 Å². The SMILES string of the molecule is O=C(O)C1CN(Cc2ccccc2)CC1c1c(F)cccc1F. The molecule has 0 saturated carbocycles. The lowest BCUT2D eigenvalue weighted by Gasteiger charge is -2.17. The van der Waals surface area contributed by atoms with E-state index in [2.05, 4.69) is 0 Å². The standard InChI is InChI=1S/C18H17F2NO2/c19-15-7-4-8-16(20)17(15)13-10-21(11-14(13)18(22)23)9-12-5-2-1-3-6-12/h1-8,13-14H,9-11H2,(H,22,23). The molecule has 3 nitrogen and oxygen atoms in total. The quantitative estimate of drug-likeness (QED) is 0.941. The topological polar surface area (TPSA) is 40.5 Å². The first kappa shape index (κ1) is 15.6. The summed E-state index contributed by atoms with van der Waals surface area (Å²) in [6.45, 7) is 1.17. The Balaban J connectivity index is 1.86. The number of carbonyl (C=O) groups is 1. The van der Waals surface area contributed by atoms with Gasteiger partial charge in [-0.15, -0.1) is 0 Å². The number of halogens is 2. The van der Waals surface area contributed by atoms with Crippen molar-refractivity contribution < 1.29 is 18.7 Å². The number of hydrogen-bond acceptors (Lipinski definition) is 2. The summed E-state index contributed by atoms with van der Waals surface area (Å²) in [5, 5.41) is 9.44. The summed E-state index contributed by atoms with van der Waals surface area (Å²) in [6.07, 6.45) is 0. The van der Waals surface area contributed by atoms with Crippen LogP contribution in [0.5, 0.6) is 0 Å². The Kier molecular flexibility index (Phi) is 4.39. The van der Waals surface area contributed by atoms with E-state index in [9.17, 15) is 18.7 Å². The Labute approximate surface area is 133 Å². The third-order valence-electron chi connectivity index (χ3n) is 4.33. The molecule has 0 bridgehead atoms. The molecule has 0 amide bonds. The first-order chi connectivity index (χ1) is 11.1. The summed E-state index contributed by atoms with van der Waals surface area (Å²) in [6, 6.07) is 13.3. The van der Waals surface area contributed by atoms with Crippen LogP contribution >= 0.6 is 0 Å². The number of likely N-dealkylation sites (tertiary alicyclic amines) is 1. The fourth-order valence-electron chi connectivity index (χ4n) is 3.26. The van der Waals surface area contributed by atoms with E-state index in [1.807, 2.05) is 35.2 Å². The Hall–Kier alpha value is -2.27. The molecule has 2 atom stereocenters.